The third kappa shape index (κ3) is 4.89. The Kier molecular flexibility index (Phi) is 6.37. The van der Waals surface area contributed by atoms with Gasteiger partial charge in [-0.2, -0.15) is 5.10 Å². The number of hydrogen-bond donors (Lipinski definition) is 0. The summed E-state index contributed by atoms with van der Waals surface area (Å²) in [5.41, 5.74) is 5.30. The highest BCUT2D eigenvalue weighted by Crippen LogP contribution is 2.33. The van der Waals surface area contributed by atoms with E-state index in [4.69, 9.17) is 10.1 Å². The molecule has 2 saturated heterocycles. The average molecular weight is 548 g/mol. The molecule has 1 unspecified atom stereocenters. The van der Waals surface area contributed by atoms with Crippen molar-refractivity contribution in [3.05, 3.63) is 77.2 Å². The highest BCUT2D eigenvalue weighted by Gasteiger charge is 2.33. The number of fused-ring (bicyclic) bond motifs is 1. The standard InChI is InChI=1S/C29H30FN5O3S/c1-19-3-5-21(6-4-19)26-17-25(27-20(2)32-35(28(27)31-26)24-11-16-39(37,38)18-24)29(36)34-14-12-33(13-15-34)23-9-7-22(30)8-10-23/h3-10,17,24H,11-16,18H2,1-2H3. The number of aromatic nitrogens is 3. The van der Waals surface area contributed by atoms with Gasteiger partial charge in [0.1, 0.15) is 5.82 Å². The number of nitrogens with zero attached hydrogens (tertiary/aromatic N) is 5. The molecule has 1 amide bonds. The summed E-state index contributed by atoms with van der Waals surface area (Å²) < 4.78 is 39.6. The first-order valence-corrected chi connectivity index (χ1v) is 15.0. The molecule has 2 fully saturated rings. The van der Waals surface area contributed by atoms with E-state index in [-0.39, 0.29) is 29.3 Å². The second-order valence-corrected chi connectivity index (χ2v) is 12.7. The van der Waals surface area contributed by atoms with Gasteiger partial charge in [-0.05, 0) is 50.6 Å². The molecule has 0 radical (unpaired) electrons. The number of halogens is 1. The van der Waals surface area contributed by atoms with Gasteiger partial charge < -0.3 is 9.80 Å². The summed E-state index contributed by atoms with van der Waals surface area (Å²) in [6, 6.07) is 15.9. The second-order valence-electron chi connectivity index (χ2n) is 10.5. The zero-order valence-electron chi connectivity index (χ0n) is 22.0. The monoisotopic (exact) mass is 547 g/mol. The normalized spacial score (nSPS) is 19.1. The Labute approximate surface area is 227 Å². The average Bonchev–Trinajstić information content (AvgIpc) is 3.47. The Bertz CT molecular complexity index is 1660. The molecule has 2 aromatic carbocycles. The van der Waals surface area contributed by atoms with E-state index in [0.29, 0.717) is 60.6 Å². The van der Waals surface area contributed by atoms with E-state index in [1.54, 1.807) is 16.8 Å². The van der Waals surface area contributed by atoms with E-state index < -0.39 is 9.84 Å². The lowest BCUT2D eigenvalue weighted by Gasteiger charge is -2.36. The predicted molar refractivity (Wildman–Crippen MR) is 149 cm³/mol. The molecule has 10 heteroatoms. The van der Waals surface area contributed by atoms with Gasteiger partial charge >= 0.3 is 0 Å². The molecule has 0 aliphatic carbocycles. The number of carbonyl (C=O) groups excluding carboxylic acids is 1. The van der Waals surface area contributed by atoms with Crippen LogP contribution < -0.4 is 4.90 Å². The molecule has 4 aromatic rings. The van der Waals surface area contributed by atoms with Crippen LogP contribution in [-0.4, -0.2) is 71.7 Å². The molecule has 1 atom stereocenters. The van der Waals surface area contributed by atoms with Crippen LogP contribution in [0.1, 0.15) is 34.1 Å². The van der Waals surface area contributed by atoms with E-state index >= 15 is 0 Å². The Morgan fingerprint density at radius 3 is 2.31 bits per heavy atom. The minimum Gasteiger partial charge on any atom is -0.368 e. The van der Waals surface area contributed by atoms with Crippen molar-refractivity contribution in [2.45, 2.75) is 26.3 Å². The van der Waals surface area contributed by atoms with Gasteiger partial charge in [0.25, 0.3) is 5.91 Å². The highest BCUT2D eigenvalue weighted by atomic mass is 32.2. The molecule has 2 aromatic heterocycles. The lowest BCUT2D eigenvalue weighted by molar-refractivity contribution is 0.0748. The summed E-state index contributed by atoms with van der Waals surface area (Å²) in [7, 11) is -3.13. The number of hydrogen-bond acceptors (Lipinski definition) is 6. The molecule has 0 N–H and O–H groups in total. The summed E-state index contributed by atoms with van der Waals surface area (Å²) in [6.07, 6.45) is 0.476. The number of aryl methyl sites for hydroxylation is 2. The quantitative estimate of drug-likeness (QED) is 0.381. The van der Waals surface area contributed by atoms with Crippen LogP contribution in [0, 0.1) is 19.7 Å². The van der Waals surface area contributed by atoms with Crippen molar-refractivity contribution in [3.63, 3.8) is 0 Å². The first kappa shape index (κ1) is 25.5. The summed E-state index contributed by atoms with van der Waals surface area (Å²) in [5.74, 6) is -0.227. The molecular weight excluding hydrogens is 517 g/mol. The van der Waals surface area contributed by atoms with Crippen LogP contribution in [0.2, 0.25) is 0 Å². The van der Waals surface area contributed by atoms with Crippen molar-refractivity contribution in [3.8, 4) is 11.3 Å². The van der Waals surface area contributed by atoms with E-state index in [2.05, 4.69) is 4.90 Å². The number of anilines is 1. The summed E-state index contributed by atoms with van der Waals surface area (Å²) in [4.78, 5) is 22.9. The molecule has 2 aliphatic rings. The van der Waals surface area contributed by atoms with Crippen LogP contribution in [-0.2, 0) is 9.84 Å². The SMILES string of the molecule is Cc1ccc(-c2cc(C(=O)N3CCN(c4ccc(F)cc4)CC3)c3c(C)nn(C4CCS(=O)(=O)C4)c3n2)cc1. The maximum atomic E-state index is 14.0. The third-order valence-electron chi connectivity index (χ3n) is 7.73. The van der Waals surface area contributed by atoms with Crippen molar-refractivity contribution in [2.24, 2.45) is 0 Å². The molecule has 0 bridgehead atoms. The van der Waals surface area contributed by atoms with Crippen molar-refractivity contribution in [2.75, 3.05) is 42.6 Å². The van der Waals surface area contributed by atoms with Crippen LogP contribution in [0.25, 0.3) is 22.3 Å². The first-order chi connectivity index (χ1) is 18.7. The number of rotatable bonds is 4. The fourth-order valence-electron chi connectivity index (χ4n) is 5.57. The molecule has 202 valence electrons. The molecule has 4 heterocycles. The van der Waals surface area contributed by atoms with Crippen molar-refractivity contribution in [1.82, 2.24) is 19.7 Å². The summed E-state index contributed by atoms with van der Waals surface area (Å²) in [5, 5.41) is 5.38. The lowest BCUT2D eigenvalue weighted by Crippen LogP contribution is -2.48. The fraction of sp³-hybridized carbons (Fsp3) is 0.345. The van der Waals surface area contributed by atoms with Gasteiger partial charge in [-0.3, -0.25) is 4.79 Å². The number of sulfone groups is 1. The van der Waals surface area contributed by atoms with E-state index in [1.165, 1.54) is 12.1 Å². The highest BCUT2D eigenvalue weighted by molar-refractivity contribution is 7.91. The van der Waals surface area contributed by atoms with Crippen molar-refractivity contribution < 1.29 is 17.6 Å². The van der Waals surface area contributed by atoms with Gasteiger partial charge in [-0.1, -0.05) is 29.8 Å². The molecule has 6 rings (SSSR count). The van der Waals surface area contributed by atoms with Gasteiger partial charge in [0, 0.05) is 37.4 Å². The summed E-state index contributed by atoms with van der Waals surface area (Å²) in [6.45, 7) is 6.17. The van der Waals surface area contributed by atoms with Crippen LogP contribution in [0.3, 0.4) is 0 Å². The maximum Gasteiger partial charge on any atom is 0.254 e. The zero-order valence-corrected chi connectivity index (χ0v) is 22.8. The van der Waals surface area contributed by atoms with Gasteiger partial charge in [0.15, 0.2) is 15.5 Å². The van der Waals surface area contributed by atoms with Crippen molar-refractivity contribution in [1.29, 1.82) is 0 Å². The minimum absolute atomic E-state index is 0.0221. The number of piperazine rings is 1. The van der Waals surface area contributed by atoms with Gasteiger partial charge in [0.05, 0.1) is 39.9 Å². The first-order valence-electron chi connectivity index (χ1n) is 13.2. The van der Waals surface area contributed by atoms with E-state index in [0.717, 1.165) is 16.8 Å². The Morgan fingerprint density at radius 1 is 0.974 bits per heavy atom. The topological polar surface area (TPSA) is 88.4 Å². The fourth-order valence-corrected chi connectivity index (χ4v) is 7.26. The van der Waals surface area contributed by atoms with Gasteiger partial charge in [-0.15, -0.1) is 0 Å². The smallest absolute Gasteiger partial charge is 0.254 e. The molecule has 2 aliphatic heterocycles. The van der Waals surface area contributed by atoms with Crippen LogP contribution >= 0.6 is 0 Å². The molecule has 39 heavy (non-hydrogen) atoms. The van der Waals surface area contributed by atoms with Crippen LogP contribution in [0.4, 0.5) is 10.1 Å². The number of amides is 1. The maximum absolute atomic E-state index is 14.0. The van der Waals surface area contributed by atoms with E-state index in [9.17, 15) is 17.6 Å². The lowest BCUT2D eigenvalue weighted by atomic mass is 10.0. The molecule has 0 saturated carbocycles. The largest absolute Gasteiger partial charge is 0.368 e. The Hall–Kier alpha value is -3.79. The molecule has 8 nitrogen and oxygen atoms in total. The molecule has 0 spiro atoms. The Morgan fingerprint density at radius 2 is 1.67 bits per heavy atom. The third-order valence-corrected chi connectivity index (χ3v) is 9.48. The second kappa shape index (κ2) is 9.75. The van der Waals surface area contributed by atoms with Crippen LogP contribution in [0.15, 0.2) is 54.6 Å². The molecular formula is C29H30FN5O3S. The van der Waals surface area contributed by atoms with Gasteiger partial charge in [-0.25, -0.2) is 22.5 Å². The van der Waals surface area contributed by atoms with Crippen molar-refractivity contribution >= 4 is 32.5 Å². The zero-order chi connectivity index (χ0) is 27.3. The summed E-state index contributed by atoms with van der Waals surface area (Å²) >= 11 is 0. The number of carbonyl (C=O) groups is 1. The van der Waals surface area contributed by atoms with Crippen LogP contribution in [0.5, 0.6) is 0 Å². The minimum atomic E-state index is -3.13. The van der Waals surface area contributed by atoms with Gasteiger partial charge in [0.2, 0.25) is 0 Å². The van der Waals surface area contributed by atoms with E-state index in [1.807, 2.05) is 49.1 Å². The number of pyridine rings is 1. The Balaban J connectivity index is 1.38. The number of benzene rings is 2. The predicted octanol–water partition coefficient (Wildman–Crippen LogP) is 4.18.